The molecular formula is C32H37BrClF3N8O3. The quantitative estimate of drug-likeness (QED) is 0.313. The van der Waals surface area contributed by atoms with Crippen molar-refractivity contribution in [3.8, 4) is 6.01 Å². The largest absolute Gasteiger partial charge is 0.461 e. The third kappa shape index (κ3) is 6.00. The molecule has 0 radical (unpaired) electrons. The Morgan fingerprint density at radius 3 is 2.83 bits per heavy atom. The highest BCUT2D eigenvalue weighted by molar-refractivity contribution is 9.10. The number of nitrogens with two attached hydrogens (primary N) is 1. The number of anilines is 2. The summed E-state index contributed by atoms with van der Waals surface area (Å²) in [6.07, 6.45) is -1.82. The highest BCUT2D eigenvalue weighted by atomic mass is 79.9. The van der Waals surface area contributed by atoms with Crippen LogP contribution in [0.2, 0.25) is 5.02 Å². The zero-order valence-corrected chi connectivity index (χ0v) is 29.0. The maximum absolute atomic E-state index is 14.2. The molecule has 4 aliphatic rings. The SMILES string of the molecule is CNC(=O)c1nn2c(c1Br)CN(c1nc(OCC34CCCN3C[C@@H](C)C4)nc3c1COC(c1cc(N)cc(Cl)c1C(F)(F)F)C3)CCC2. The molecule has 16 heteroatoms. The summed E-state index contributed by atoms with van der Waals surface area (Å²) in [7, 11) is 1.56. The van der Waals surface area contributed by atoms with Gasteiger partial charge in [0.1, 0.15) is 12.4 Å². The first-order valence-electron chi connectivity index (χ1n) is 16.1. The van der Waals surface area contributed by atoms with E-state index in [0.717, 1.165) is 44.1 Å². The predicted molar refractivity (Wildman–Crippen MR) is 176 cm³/mol. The monoisotopic (exact) mass is 752 g/mol. The molecule has 2 aromatic heterocycles. The Hall–Kier alpha value is -3.14. The molecule has 7 rings (SSSR count). The maximum atomic E-state index is 14.2. The lowest BCUT2D eigenvalue weighted by molar-refractivity contribution is -0.139. The van der Waals surface area contributed by atoms with Gasteiger partial charge in [0.2, 0.25) is 0 Å². The average Bonchev–Trinajstić information content (AvgIpc) is 3.60. The van der Waals surface area contributed by atoms with Crippen molar-refractivity contribution in [1.29, 1.82) is 0 Å². The summed E-state index contributed by atoms with van der Waals surface area (Å²) >= 11 is 9.69. The first-order chi connectivity index (χ1) is 22.9. The number of amides is 1. The van der Waals surface area contributed by atoms with Crippen LogP contribution in [-0.2, 0) is 37.0 Å². The van der Waals surface area contributed by atoms with E-state index >= 15 is 0 Å². The summed E-state index contributed by atoms with van der Waals surface area (Å²) in [6.45, 7) is 6.26. The maximum Gasteiger partial charge on any atom is 0.418 e. The molecule has 2 saturated heterocycles. The molecule has 1 aromatic carbocycles. The van der Waals surface area contributed by atoms with Crippen LogP contribution in [0.1, 0.15) is 77.3 Å². The van der Waals surface area contributed by atoms with Crippen LogP contribution in [0, 0.1) is 5.92 Å². The van der Waals surface area contributed by atoms with Gasteiger partial charge in [-0.3, -0.25) is 14.4 Å². The van der Waals surface area contributed by atoms with Crippen LogP contribution in [0.5, 0.6) is 6.01 Å². The standard InChI is InChI=1S/C32H37BrClF3N8O3/c1-17-12-31(5-3-7-44(31)13-17)16-48-30-40-22-11-24(19-9-18(38)10-21(34)25(19)32(35,36)37)47-15-20(22)28(41-30)43-6-4-8-45-23(14-43)26(33)27(42-45)29(46)39-2/h9-10,17,24H,3-8,11-16,38H2,1-2H3,(H,39,46)/t17-,24?,31?/m0/s1. The minimum Gasteiger partial charge on any atom is -0.461 e. The number of halogens is 5. The molecule has 4 aliphatic heterocycles. The van der Waals surface area contributed by atoms with Crippen molar-refractivity contribution in [3.05, 3.63) is 55.4 Å². The first-order valence-corrected chi connectivity index (χ1v) is 17.3. The Bertz CT molecular complexity index is 1760. The number of nitrogen functional groups attached to an aromatic ring is 1. The van der Waals surface area contributed by atoms with Crippen molar-refractivity contribution < 1.29 is 27.4 Å². The average molecular weight is 754 g/mol. The highest BCUT2D eigenvalue weighted by Gasteiger charge is 2.48. The van der Waals surface area contributed by atoms with Gasteiger partial charge in [-0.25, -0.2) is 0 Å². The van der Waals surface area contributed by atoms with Crippen LogP contribution in [0.15, 0.2) is 16.6 Å². The smallest absolute Gasteiger partial charge is 0.418 e. The van der Waals surface area contributed by atoms with E-state index in [4.69, 9.17) is 36.8 Å². The Balaban J connectivity index is 1.27. The zero-order valence-electron chi connectivity index (χ0n) is 26.7. The number of aryl methyl sites for hydroxylation is 1. The summed E-state index contributed by atoms with van der Waals surface area (Å²) in [4.78, 5) is 26.8. The van der Waals surface area contributed by atoms with Crippen LogP contribution in [0.25, 0.3) is 0 Å². The van der Waals surface area contributed by atoms with Crippen LogP contribution in [-0.4, -0.2) is 69.4 Å². The lowest BCUT2D eigenvalue weighted by Crippen LogP contribution is -2.43. The van der Waals surface area contributed by atoms with Crippen molar-refractivity contribution >= 4 is 44.9 Å². The number of fused-ring (bicyclic) bond motifs is 3. The molecule has 6 heterocycles. The first kappa shape index (κ1) is 33.4. The predicted octanol–water partition coefficient (Wildman–Crippen LogP) is 5.53. The van der Waals surface area contributed by atoms with Gasteiger partial charge in [-0.15, -0.1) is 0 Å². The number of nitrogens with one attached hydrogen (secondary N) is 1. The van der Waals surface area contributed by atoms with Crippen molar-refractivity contribution in [1.82, 2.24) is 30.0 Å². The Labute approximate surface area is 289 Å². The molecule has 0 spiro atoms. The van der Waals surface area contributed by atoms with Gasteiger partial charge in [0.15, 0.2) is 5.69 Å². The minimum absolute atomic E-state index is 0.0328. The summed E-state index contributed by atoms with van der Waals surface area (Å²) in [5.41, 5.74) is 7.21. The minimum atomic E-state index is -4.71. The summed E-state index contributed by atoms with van der Waals surface area (Å²) < 4.78 is 57.7. The number of carbonyl (C=O) groups excluding carboxylic acids is 1. The van der Waals surface area contributed by atoms with E-state index in [2.05, 4.69) is 43.1 Å². The molecule has 11 nitrogen and oxygen atoms in total. The molecule has 3 aromatic rings. The van der Waals surface area contributed by atoms with E-state index < -0.39 is 22.9 Å². The number of carbonyl (C=O) groups is 1. The van der Waals surface area contributed by atoms with E-state index in [1.165, 1.54) is 6.07 Å². The molecule has 258 valence electrons. The normalized spacial score (nSPS) is 24.2. The van der Waals surface area contributed by atoms with E-state index in [1.54, 1.807) is 7.05 Å². The lowest BCUT2D eigenvalue weighted by atomic mass is 9.91. The van der Waals surface area contributed by atoms with Gasteiger partial charge >= 0.3 is 12.2 Å². The van der Waals surface area contributed by atoms with Crippen molar-refractivity contribution in [2.45, 2.75) is 76.5 Å². The topological polar surface area (TPSA) is 124 Å². The molecule has 0 bridgehead atoms. The lowest BCUT2D eigenvalue weighted by Gasteiger charge is -2.33. The van der Waals surface area contributed by atoms with Crippen LogP contribution >= 0.6 is 27.5 Å². The fourth-order valence-corrected chi connectivity index (χ4v) is 8.84. The summed E-state index contributed by atoms with van der Waals surface area (Å²) in [5.74, 6) is 0.837. The van der Waals surface area contributed by atoms with Gasteiger partial charge in [0, 0.05) is 44.4 Å². The number of hydrogen-bond donors (Lipinski definition) is 2. The Morgan fingerprint density at radius 2 is 2.06 bits per heavy atom. The number of alkyl halides is 3. The van der Waals surface area contributed by atoms with Crippen LogP contribution in [0.3, 0.4) is 0 Å². The fraction of sp³-hybridized carbons (Fsp3) is 0.562. The number of nitrogens with zero attached hydrogens (tertiary/aromatic N) is 6. The van der Waals surface area contributed by atoms with Gasteiger partial charge < -0.3 is 25.4 Å². The third-order valence-corrected chi connectivity index (χ3v) is 11.1. The van der Waals surface area contributed by atoms with Gasteiger partial charge in [-0.1, -0.05) is 18.5 Å². The number of benzene rings is 1. The number of rotatable bonds is 6. The van der Waals surface area contributed by atoms with Crippen LogP contribution < -0.4 is 20.7 Å². The van der Waals surface area contributed by atoms with E-state index in [1.807, 2.05) is 4.68 Å². The summed E-state index contributed by atoms with van der Waals surface area (Å²) in [6, 6.07) is 2.55. The molecule has 1 amide bonds. The number of hydrogen-bond acceptors (Lipinski definition) is 9. The molecule has 48 heavy (non-hydrogen) atoms. The fourth-order valence-electron chi connectivity index (χ4n) is 7.91. The summed E-state index contributed by atoms with van der Waals surface area (Å²) in [5, 5.41) is 6.69. The van der Waals surface area contributed by atoms with E-state index in [9.17, 15) is 18.0 Å². The second-order valence-corrected chi connectivity index (χ2v) is 14.5. The zero-order chi connectivity index (χ0) is 34.0. The molecule has 3 N–H and O–H groups in total. The van der Waals surface area contributed by atoms with Gasteiger partial charge in [0.05, 0.1) is 51.2 Å². The number of aromatic nitrogens is 4. The van der Waals surface area contributed by atoms with E-state index in [0.29, 0.717) is 65.8 Å². The van der Waals surface area contributed by atoms with Crippen molar-refractivity contribution in [2.24, 2.45) is 5.92 Å². The van der Waals surface area contributed by atoms with Gasteiger partial charge in [0.25, 0.3) is 5.91 Å². The molecule has 0 aliphatic carbocycles. The van der Waals surface area contributed by atoms with Gasteiger partial charge in [-0.2, -0.15) is 28.2 Å². The number of ether oxygens (including phenoxy) is 2. The Morgan fingerprint density at radius 1 is 1.25 bits per heavy atom. The van der Waals surface area contributed by atoms with Crippen LogP contribution in [0.4, 0.5) is 24.7 Å². The second-order valence-electron chi connectivity index (χ2n) is 13.3. The van der Waals surface area contributed by atoms with E-state index in [-0.39, 0.29) is 41.7 Å². The molecule has 2 unspecified atom stereocenters. The van der Waals surface area contributed by atoms with Crippen molar-refractivity contribution in [3.63, 3.8) is 0 Å². The Kier molecular flexibility index (Phi) is 8.78. The third-order valence-electron chi connectivity index (χ3n) is 9.98. The van der Waals surface area contributed by atoms with Gasteiger partial charge in [-0.05, 0) is 71.8 Å². The molecular weight excluding hydrogens is 717 g/mol. The molecule has 0 saturated carbocycles. The second kappa shape index (κ2) is 12.6. The molecule has 3 atom stereocenters. The highest BCUT2D eigenvalue weighted by Crippen LogP contribution is 2.45. The molecule has 2 fully saturated rings. The van der Waals surface area contributed by atoms with Crippen molar-refractivity contribution in [2.75, 3.05) is 43.9 Å².